The van der Waals surface area contributed by atoms with Crippen LogP contribution >= 0.6 is 11.6 Å². The summed E-state index contributed by atoms with van der Waals surface area (Å²) in [5, 5.41) is 29.9. The van der Waals surface area contributed by atoms with Gasteiger partial charge in [-0.15, -0.1) is 0 Å². The lowest BCUT2D eigenvalue weighted by Gasteiger charge is -2.44. The highest BCUT2D eigenvalue weighted by Gasteiger charge is 2.41. The fourth-order valence-corrected chi connectivity index (χ4v) is 3.03. The van der Waals surface area contributed by atoms with Crippen LogP contribution in [0.1, 0.15) is 5.56 Å². The number of likely N-dealkylation sites (tertiary alicyclic amines) is 1. The molecular formula is C15H21ClFNO4. The van der Waals surface area contributed by atoms with Gasteiger partial charge in [-0.2, -0.15) is 0 Å². The van der Waals surface area contributed by atoms with E-state index in [1.807, 2.05) is 0 Å². The van der Waals surface area contributed by atoms with E-state index in [1.165, 1.54) is 19.2 Å². The molecule has 1 aromatic carbocycles. The standard InChI is InChI=1S/C15H21ClFNO4/c1-22-13-7-18(12(8-19)14(20)15(13)21)5-4-9-6-10(16)2-3-11(9)17/h2-3,6,12-15,19-21H,4-5,7-8H2,1H3/t12-,13+,14-,15-/m1/s1. The Bertz CT molecular complexity index is 504. The lowest BCUT2D eigenvalue weighted by Crippen LogP contribution is -2.63. The Hall–Kier alpha value is -0.760. The van der Waals surface area contributed by atoms with Crippen molar-refractivity contribution < 1.29 is 24.4 Å². The minimum atomic E-state index is -1.12. The van der Waals surface area contributed by atoms with Crippen LogP contribution in [-0.4, -0.2) is 71.4 Å². The molecule has 0 aliphatic carbocycles. The average molecular weight is 334 g/mol. The van der Waals surface area contributed by atoms with Gasteiger partial charge in [-0.3, -0.25) is 4.90 Å². The first-order valence-corrected chi connectivity index (χ1v) is 7.53. The highest BCUT2D eigenvalue weighted by molar-refractivity contribution is 6.30. The van der Waals surface area contributed by atoms with E-state index in [4.69, 9.17) is 16.3 Å². The van der Waals surface area contributed by atoms with Crippen molar-refractivity contribution in [1.29, 1.82) is 0 Å². The van der Waals surface area contributed by atoms with Gasteiger partial charge in [0.25, 0.3) is 0 Å². The number of hydrogen-bond donors (Lipinski definition) is 3. The third-order valence-corrected chi connectivity index (χ3v) is 4.41. The molecule has 0 saturated carbocycles. The second kappa shape index (κ2) is 7.68. The van der Waals surface area contributed by atoms with Crippen LogP contribution in [-0.2, 0) is 11.2 Å². The van der Waals surface area contributed by atoms with Gasteiger partial charge in [0.2, 0.25) is 0 Å². The largest absolute Gasteiger partial charge is 0.395 e. The number of rotatable bonds is 5. The molecule has 3 N–H and O–H groups in total. The quantitative estimate of drug-likeness (QED) is 0.729. The van der Waals surface area contributed by atoms with Crippen molar-refractivity contribution in [3.05, 3.63) is 34.6 Å². The van der Waals surface area contributed by atoms with E-state index in [2.05, 4.69) is 0 Å². The summed E-state index contributed by atoms with van der Waals surface area (Å²) in [5.41, 5.74) is 0.471. The third-order valence-electron chi connectivity index (χ3n) is 4.17. The van der Waals surface area contributed by atoms with Crippen molar-refractivity contribution in [3.63, 3.8) is 0 Å². The molecule has 0 bridgehead atoms. The van der Waals surface area contributed by atoms with Crippen LogP contribution in [0.3, 0.4) is 0 Å². The molecule has 0 spiro atoms. The summed E-state index contributed by atoms with van der Waals surface area (Å²) in [5.74, 6) is -0.342. The molecule has 1 aliphatic heterocycles. The van der Waals surface area contributed by atoms with Crippen molar-refractivity contribution in [3.8, 4) is 0 Å². The fourth-order valence-electron chi connectivity index (χ4n) is 2.83. The Morgan fingerprint density at radius 2 is 2.09 bits per heavy atom. The molecule has 4 atom stereocenters. The SMILES string of the molecule is CO[C@H]1CN(CCc2cc(Cl)ccc2F)[C@H](CO)[C@@H](O)[C@@H]1O. The summed E-state index contributed by atoms with van der Waals surface area (Å²) < 4.78 is 18.9. The Kier molecular flexibility index (Phi) is 6.14. The topological polar surface area (TPSA) is 73.2 Å². The number of aliphatic hydroxyl groups excluding tert-OH is 3. The second-order valence-electron chi connectivity index (χ2n) is 5.49. The first-order chi connectivity index (χ1) is 10.5. The number of aliphatic hydroxyl groups is 3. The maximum Gasteiger partial charge on any atom is 0.126 e. The number of piperidine rings is 1. The molecule has 0 amide bonds. The van der Waals surface area contributed by atoms with Gasteiger partial charge < -0.3 is 20.1 Å². The van der Waals surface area contributed by atoms with E-state index in [-0.39, 0.29) is 12.4 Å². The minimum Gasteiger partial charge on any atom is -0.395 e. The van der Waals surface area contributed by atoms with Gasteiger partial charge in [0.05, 0.1) is 18.8 Å². The van der Waals surface area contributed by atoms with Crippen LogP contribution < -0.4 is 0 Å². The molecular weight excluding hydrogens is 313 g/mol. The third kappa shape index (κ3) is 3.76. The number of methoxy groups -OCH3 is 1. The van der Waals surface area contributed by atoms with Gasteiger partial charge in [-0.25, -0.2) is 4.39 Å². The number of hydrogen-bond acceptors (Lipinski definition) is 5. The van der Waals surface area contributed by atoms with Gasteiger partial charge in [0.15, 0.2) is 0 Å². The predicted octanol–water partition coefficient (Wildman–Crippen LogP) is 0.435. The summed E-state index contributed by atoms with van der Waals surface area (Å²) in [7, 11) is 1.45. The normalized spacial score (nSPS) is 29.7. The van der Waals surface area contributed by atoms with Gasteiger partial charge in [-0.1, -0.05) is 11.6 Å². The molecule has 1 fully saturated rings. The van der Waals surface area contributed by atoms with Crippen molar-refractivity contribution in [2.24, 2.45) is 0 Å². The van der Waals surface area contributed by atoms with Gasteiger partial charge in [-0.05, 0) is 30.2 Å². The second-order valence-corrected chi connectivity index (χ2v) is 5.92. The lowest BCUT2D eigenvalue weighted by atomic mass is 9.93. The number of nitrogens with zero attached hydrogens (tertiary/aromatic N) is 1. The van der Waals surface area contributed by atoms with E-state index in [1.54, 1.807) is 11.0 Å². The van der Waals surface area contributed by atoms with Crippen LogP contribution in [0.2, 0.25) is 5.02 Å². The molecule has 7 heteroatoms. The molecule has 2 rings (SSSR count). The van der Waals surface area contributed by atoms with Crippen LogP contribution in [0.25, 0.3) is 0 Å². The van der Waals surface area contributed by atoms with Crippen molar-refractivity contribution in [1.82, 2.24) is 4.90 Å². The Balaban J connectivity index is 2.07. The monoisotopic (exact) mass is 333 g/mol. The van der Waals surface area contributed by atoms with Crippen molar-refractivity contribution >= 4 is 11.6 Å². The van der Waals surface area contributed by atoms with E-state index in [0.29, 0.717) is 30.1 Å². The lowest BCUT2D eigenvalue weighted by molar-refractivity contribution is -0.154. The van der Waals surface area contributed by atoms with E-state index in [9.17, 15) is 19.7 Å². The van der Waals surface area contributed by atoms with Crippen molar-refractivity contribution in [2.75, 3.05) is 26.8 Å². The average Bonchev–Trinajstić information content (AvgIpc) is 2.51. The van der Waals surface area contributed by atoms with Crippen LogP contribution in [0.15, 0.2) is 18.2 Å². The molecule has 124 valence electrons. The molecule has 0 unspecified atom stereocenters. The summed E-state index contributed by atoms with van der Waals surface area (Å²) >= 11 is 5.87. The van der Waals surface area contributed by atoms with Crippen molar-refractivity contribution in [2.45, 2.75) is 30.8 Å². The molecule has 22 heavy (non-hydrogen) atoms. The summed E-state index contributed by atoms with van der Waals surface area (Å²) in [4.78, 5) is 1.80. The molecule has 5 nitrogen and oxygen atoms in total. The van der Waals surface area contributed by atoms with Gasteiger partial charge in [0.1, 0.15) is 18.0 Å². The van der Waals surface area contributed by atoms with Gasteiger partial charge in [0, 0.05) is 25.2 Å². The first kappa shape index (κ1) is 17.6. The van der Waals surface area contributed by atoms with Crippen LogP contribution in [0, 0.1) is 5.82 Å². The number of ether oxygens (including phenoxy) is 1. The Morgan fingerprint density at radius 3 is 2.73 bits per heavy atom. The maximum atomic E-state index is 13.7. The number of benzene rings is 1. The zero-order chi connectivity index (χ0) is 16.3. The van der Waals surface area contributed by atoms with E-state index >= 15 is 0 Å². The summed E-state index contributed by atoms with van der Waals surface area (Å²) in [6.07, 6.45) is -2.35. The number of halogens is 2. The molecule has 1 saturated heterocycles. The van der Waals surface area contributed by atoms with Gasteiger partial charge >= 0.3 is 0 Å². The zero-order valence-corrected chi connectivity index (χ0v) is 13.1. The Morgan fingerprint density at radius 1 is 1.36 bits per heavy atom. The van der Waals surface area contributed by atoms with Crippen LogP contribution in [0.5, 0.6) is 0 Å². The molecule has 1 heterocycles. The highest BCUT2D eigenvalue weighted by Crippen LogP contribution is 2.22. The molecule has 1 aliphatic rings. The fraction of sp³-hybridized carbons (Fsp3) is 0.600. The summed E-state index contributed by atoms with van der Waals surface area (Å²) in [6, 6.07) is 3.75. The van der Waals surface area contributed by atoms with E-state index in [0.717, 1.165) is 0 Å². The Labute approximate surface area is 133 Å². The maximum absolute atomic E-state index is 13.7. The molecule has 0 radical (unpaired) electrons. The van der Waals surface area contributed by atoms with E-state index < -0.39 is 24.4 Å². The molecule has 1 aromatic rings. The van der Waals surface area contributed by atoms with Crippen LogP contribution in [0.4, 0.5) is 4.39 Å². The summed E-state index contributed by atoms with van der Waals surface area (Å²) in [6.45, 7) is 0.459. The zero-order valence-electron chi connectivity index (χ0n) is 12.3. The minimum absolute atomic E-state index is 0.299. The smallest absolute Gasteiger partial charge is 0.126 e. The predicted molar refractivity (Wildman–Crippen MR) is 80.4 cm³/mol. The molecule has 0 aromatic heterocycles. The highest BCUT2D eigenvalue weighted by atomic mass is 35.5. The first-order valence-electron chi connectivity index (χ1n) is 7.15.